The van der Waals surface area contributed by atoms with Gasteiger partial charge in [-0.15, -0.1) is 0 Å². The zero-order valence-corrected chi connectivity index (χ0v) is 12.2. The summed E-state index contributed by atoms with van der Waals surface area (Å²) < 4.78 is 6.76. The van der Waals surface area contributed by atoms with E-state index in [1.165, 1.54) is 10.8 Å². The van der Waals surface area contributed by atoms with Gasteiger partial charge in [-0.05, 0) is 13.0 Å². The van der Waals surface area contributed by atoms with Crippen molar-refractivity contribution in [1.29, 1.82) is 0 Å². The summed E-state index contributed by atoms with van der Waals surface area (Å²) in [6.07, 6.45) is 4.68. The number of morpholine rings is 1. The first kappa shape index (κ1) is 14.5. The van der Waals surface area contributed by atoms with Crippen molar-refractivity contribution >= 4 is 5.91 Å². The maximum absolute atomic E-state index is 12.6. The standard InChI is InChI=1S/C14H17N5O3/c1-10-7-16-13(17-10)11-9-22-6-5-19(11)12(20)8-18-4-2-3-15-14(18)21/h2-4,7,11H,5-6,8-9H2,1H3,(H,16,17)/t11-/m0/s1. The van der Waals surface area contributed by atoms with E-state index in [9.17, 15) is 9.59 Å². The van der Waals surface area contributed by atoms with E-state index in [1.54, 1.807) is 23.4 Å². The molecule has 0 saturated carbocycles. The molecule has 1 aliphatic heterocycles. The highest BCUT2D eigenvalue weighted by molar-refractivity contribution is 5.76. The van der Waals surface area contributed by atoms with E-state index < -0.39 is 5.69 Å². The molecule has 1 N–H and O–H groups in total. The Labute approximate surface area is 126 Å². The van der Waals surface area contributed by atoms with Gasteiger partial charge in [0.25, 0.3) is 0 Å². The molecule has 2 aromatic rings. The molecule has 0 unspecified atom stereocenters. The quantitative estimate of drug-likeness (QED) is 0.853. The molecule has 2 aromatic heterocycles. The van der Waals surface area contributed by atoms with Gasteiger partial charge in [0, 0.05) is 30.8 Å². The second-order valence-corrected chi connectivity index (χ2v) is 5.16. The highest BCUT2D eigenvalue weighted by Gasteiger charge is 2.30. The number of amides is 1. The molecule has 3 rings (SSSR count). The Morgan fingerprint density at radius 2 is 2.36 bits per heavy atom. The molecule has 0 aliphatic carbocycles. The van der Waals surface area contributed by atoms with Crippen LogP contribution >= 0.6 is 0 Å². The summed E-state index contributed by atoms with van der Waals surface area (Å²) in [5, 5.41) is 0. The predicted molar refractivity (Wildman–Crippen MR) is 77.1 cm³/mol. The van der Waals surface area contributed by atoms with E-state index in [-0.39, 0.29) is 18.5 Å². The van der Waals surface area contributed by atoms with Crippen LogP contribution in [0.15, 0.2) is 29.5 Å². The molecular weight excluding hydrogens is 286 g/mol. The number of aromatic amines is 1. The molecule has 1 saturated heterocycles. The summed E-state index contributed by atoms with van der Waals surface area (Å²) in [7, 11) is 0. The number of aromatic nitrogens is 4. The van der Waals surface area contributed by atoms with Crippen LogP contribution in [-0.4, -0.2) is 50.1 Å². The zero-order valence-electron chi connectivity index (χ0n) is 12.2. The molecule has 3 heterocycles. The van der Waals surface area contributed by atoms with Crippen LogP contribution in [0.5, 0.6) is 0 Å². The molecule has 1 aliphatic rings. The number of imidazole rings is 1. The summed E-state index contributed by atoms with van der Waals surface area (Å²) in [5.41, 5.74) is 0.492. The van der Waals surface area contributed by atoms with Crippen molar-refractivity contribution in [3.05, 3.63) is 46.7 Å². The van der Waals surface area contributed by atoms with Gasteiger partial charge in [0.1, 0.15) is 18.4 Å². The van der Waals surface area contributed by atoms with Crippen LogP contribution in [0.25, 0.3) is 0 Å². The summed E-state index contributed by atoms with van der Waals surface area (Å²) >= 11 is 0. The average Bonchev–Trinajstić information content (AvgIpc) is 2.96. The summed E-state index contributed by atoms with van der Waals surface area (Å²) in [5.74, 6) is 0.543. The Morgan fingerprint density at radius 1 is 1.50 bits per heavy atom. The number of hydrogen-bond donors (Lipinski definition) is 1. The molecule has 0 aromatic carbocycles. The minimum atomic E-state index is -0.436. The highest BCUT2D eigenvalue weighted by atomic mass is 16.5. The van der Waals surface area contributed by atoms with Crippen LogP contribution in [0.3, 0.4) is 0 Å². The lowest BCUT2D eigenvalue weighted by Gasteiger charge is -2.34. The number of carbonyl (C=O) groups excluding carboxylic acids is 1. The Balaban J connectivity index is 1.80. The summed E-state index contributed by atoms with van der Waals surface area (Å²) in [6, 6.07) is 1.36. The predicted octanol–water partition coefficient (Wildman–Crippen LogP) is -0.125. The van der Waals surface area contributed by atoms with Crippen LogP contribution in [0.2, 0.25) is 0 Å². The third kappa shape index (κ3) is 2.91. The second kappa shape index (κ2) is 6.10. The largest absolute Gasteiger partial charge is 0.377 e. The van der Waals surface area contributed by atoms with Gasteiger partial charge in [-0.2, -0.15) is 0 Å². The number of ether oxygens (including phenoxy) is 1. The van der Waals surface area contributed by atoms with E-state index in [4.69, 9.17) is 4.74 Å². The van der Waals surface area contributed by atoms with Crippen LogP contribution < -0.4 is 5.69 Å². The first-order valence-corrected chi connectivity index (χ1v) is 7.05. The Kier molecular flexibility index (Phi) is 4.01. The second-order valence-electron chi connectivity index (χ2n) is 5.16. The molecule has 0 radical (unpaired) electrons. The fourth-order valence-electron chi connectivity index (χ4n) is 2.47. The van der Waals surface area contributed by atoms with Gasteiger partial charge in [-0.25, -0.2) is 14.8 Å². The van der Waals surface area contributed by atoms with Gasteiger partial charge in [0.2, 0.25) is 5.91 Å². The topological polar surface area (TPSA) is 93.1 Å². The molecule has 116 valence electrons. The molecular formula is C14H17N5O3. The Morgan fingerprint density at radius 3 is 3.09 bits per heavy atom. The average molecular weight is 303 g/mol. The number of nitrogens with one attached hydrogen (secondary N) is 1. The lowest BCUT2D eigenvalue weighted by atomic mass is 10.2. The fourth-order valence-corrected chi connectivity index (χ4v) is 2.47. The van der Waals surface area contributed by atoms with Gasteiger partial charge >= 0.3 is 5.69 Å². The lowest BCUT2D eigenvalue weighted by molar-refractivity contribution is -0.141. The van der Waals surface area contributed by atoms with Gasteiger partial charge < -0.3 is 14.6 Å². The van der Waals surface area contributed by atoms with Crippen molar-refractivity contribution < 1.29 is 9.53 Å². The SMILES string of the molecule is Cc1cnc([C@@H]2COCCN2C(=O)Cn2cccnc2=O)[nH]1. The number of carbonyl (C=O) groups is 1. The first-order valence-electron chi connectivity index (χ1n) is 7.05. The molecule has 0 bridgehead atoms. The van der Waals surface area contributed by atoms with E-state index in [1.807, 2.05) is 6.92 Å². The number of aryl methyl sites for hydroxylation is 1. The van der Waals surface area contributed by atoms with Gasteiger partial charge in [0.05, 0.1) is 13.2 Å². The van der Waals surface area contributed by atoms with Crippen LogP contribution in [0.4, 0.5) is 0 Å². The number of nitrogens with zero attached hydrogens (tertiary/aromatic N) is 4. The molecule has 1 amide bonds. The lowest BCUT2D eigenvalue weighted by Crippen LogP contribution is -2.46. The van der Waals surface area contributed by atoms with E-state index >= 15 is 0 Å². The number of H-pyrrole nitrogens is 1. The molecule has 1 fully saturated rings. The Hall–Kier alpha value is -2.48. The molecule has 0 spiro atoms. The van der Waals surface area contributed by atoms with Crippen molar-refractivity contribution in [3.8, 4) is 0 Å². The van der Waals surface area contributed by atoms with Crippen molar-refractivity contribution in [2.24, 2.45) is 0 Å². The van der Waals surface area contributed by atoms with Gasteiger partial charge in [-0.3, -0.25) is 9.36 Å². The summed E-state index contributed by atoms with van der Waals surface area (Å²) in [6.45, 7) is 3.20. The first-order chi connectivity index (χ1) is 10.6. The maximum Gasteiger partial charge on any atom is 0.347 e. The molecule has 1 atom stereocenters. The van der Waals surface area contributed by atoms with Crippen LogP contribution in [0.1, 0.15) is 17.6 Å². The third-order valence-corrected chi connectivity index (χ3v) is 3.58. The number of hydrogen-bond acceptors (Lipinski definition) is 5. The summed E-state index contributed by atoms with van der Waals surface area (Å²) in [4.78, 5) is 37.0. The minimum Gasteiger partial charge on any atom is -0.377 e. The molecule has 8 heteroatoms. The smallest absolute Gasteiger partial charge is 0.347 e. The zero-order chi connectivity index (χ0) is 15.5. The normalized spacial score (nSPS) is 18.4. The van der Waals surface area contributed by atoms with Crippen LogP contribution in [0, 0.1) is 6.92 Å². The molecule has 8 nitrogen and oxygen atoms in total. The monoisotopic (exact) mass is 303 g/mol. The van der Waals surface area contributed by atoms with Crippen molar-refractivity contribution in [3.63, 3.8) is 0 Å². The van der Waals surface area contributed by atoms with Crippen LogP contribution in [-0.2, 0) is 16.1 Å². The van der Waals surface area contributed by atoms with E-state index in [0.717, 1.165) is 5.69 Å². The minimum absolute atomic E-state index is 0.0388. The van der Waals surface area contributed by atoms with Crippen molar-refractivity contribution in [2.75, 3.05) is 19.8 Å². The highest BCUT2D eigenvalue weighted by Crippen LogP contribution is 2.22. The fraction of sp³-hybridized carbons (Fsp3) is 0.429. The van der Waals surface area contributed by atoms with E-state index in [2.05, 4.69) is 15.0 Å². The van der Waals surface area contributed by atoms with Gasteiger partial charge in [0.15, 0.2) is 0 Å². The van der Waals surface area contributed by atoms with Crippen molar-refractivity contribution in [1.82, 2.24) is 24.4 Å². The van der Waals surface area contributed by atoms with E-state index in [0.29, 0.717) is 25.6 Å². The van der Waals surface area contributed by atoms with Gasteiger partial charge in [-0.1, -0.05) is 0 Å². The third-order valence-electron chi connectivity index (χ3n) is 3.58. The van der Waals surface area contributed by atoms with Crippen molar-refractivity contribution in [2.45, 2.75) is 19.5 Å². The molecule has 22 heavy (non-hydrogen) atoms. The Bertz CT molecular complexity index is 723. The maximum atomic E-state index is 12.6. The number of rotatable bonds is 3.